The molecule has 1 fully saturated rings. The van der Waals surface area contributed by atoms with Crippen LogP contribution in [0.5, 0.6) is 23.0 Å². The maximum Gasteiger partial charge on any atom is 1.00 e. The van der Waals surface area contributed by atoms with Crippen LogP contribution in [0.25, 0.3) is 11.3 Å². The molecule has 0 radical (unpaired) electrons. The van der Waals surface area contributed by atoms with Crippen LogP contribution in [0.2, 0.25) is 0 Å². The number of oxime groups is 1. The summed E-state index contributed by atoms with van der Waals surface area (Å²) in [5.41, 5.74) is 7.34. The van der Waals surface area contributed by atoms with Gasteiger partial charge in [0.1, 0.15) is 23.7 Å². The molecule has 1 saturated heterocycles. The van der Waals surface area contributed by atoms with Gasteiger partial charge < -0.3 is 46.2 Å². The van der Waals surface area contributed by atoms with Crippen LogP contribution in [0, 0.1) is 0 Å². The van der Waals surface area contributed by atoms with Crippen LogP contribution in [-0.4, -0.2) is 81.7 Å². The molecule has 20 heteroatoms. The third kappa shape index (κ3) is 7.77. The van der Waals surface area contributed by atoms with E-state index in [2.05, 4.69) is 20.4 Å². The number of nitrogens with one attached hydrogen (secondary N) is 1. The minimum atomic E-state index is -1.53. The summed E-state index contributed by atoms with van der Waals surface area (Å²) < 4.78 is 0.619. The van der Waals surface area contributed by atoms with Crippen molar-refractivity contribution < 1.29 is 74.3 Å². The van der Waals surface area contributed by atoms with Crippen molar-refractivity contribution in [2.24, 2.45) is 5.16 Å². The number of aromatic hydroxyl groups is 4. The van der Waals surface area contributed by atoms with Crippen LogP contribution in [-0.2, 0) is 25.8 Å². The number of aromatic nitrogens is 2. The number of carboxylic acid groups (broad SMARTS) is 1. The van der Waals surface area contributed by atoms with Crippen LogP contribution in [0.15, 0.2) is 67.9 Å². The summed E-state index contributed by atoms with van der Waals surface area (Å²) >= 11 is 4.92. The Kier molecular flexibility index (Phi) is 11.3. The zero-order valence-electron chi connectivity index (χ0n) is 25.2. The topological polar surface area (TPSA) is 244 Å². The molecule has 0 spiro atoms. The first-order valence-corrected chi connectivity index (χ1v) is 17.5. The number of carbonyl (C=O) groups excluding carboxylic acids is 3. The summed E-state index contributed by atoms with van der Waals surface area (Å²) in [6.45, 7) is -0.178. The Hall–Kier alpha value is -3.98. The Balaban J connectivity index is 0.00000468. The number of nitrogens with two attached hydrogens (primary N) is 1. The minimum absolute atomic E-state index is 0. The quantitative estimate of drug-likeness (QED) is 0.0263. The minimum Gasteiger partial charge on any atom is -0.543 e. The third-order valence-corrected chi connectivity index (χ3v) is 11.2. The SMILES string of the molecule is Nc1nc(C(=NOCc2ccc(O)c(O)c2)C(=O)N[C@@H]2C(=O)N3C(C(=O)[O-])=C(CSc4nc(-c5ccc(O)c(O)c5)cs4)CS[C@@H]23)cs1.[Na+]. The zero-order valence-corrected chi connectivity index (χ0v) is 30.5. The fourth-order valence-electron chi connectivity index (χ4n) is 4.71. The Labute approximate surface area is 315 Å². The number of nitrogens with zero attached hydrogens (tertiary/aromatic N) is 4. The van der Waals surface area contributed by atoms with Crippen LogP contribution >= 0.6 is 46.2 Å². The van der Waals surface area contributed by atoms with Gasteiger partial charge in [0.2, 0.25) is 0 Å². The number of fused-ring (bicyclic) bond motifs is 1. The number of carboxylic acids is 1. The number of hydrogen-bond acceptors (Lipinski definition) is 17. The number of aliphatic carboxylic acids is 1. The molecule has 2 aliphatic rings. The molecule has 0 aliphatic carbocycles. The summed E-state index contributed by atoms with van der Waals surface area (Å²) in [5.74, 6) is -3.75. The number of phenolic OH excluding ortho intramolecular Hbond substituents is 4. The number of carbonyl (C=O) groups is 3. The maximum atomic E-state index is 13.4. The molecule has 49 heavy (non-hydrogen) atoms. The smallest absolute Gasteiger partial charge is 0.543 e. The van der Waals surface area contributed by atoms with Crippen LogP contribution < -0.4 is 45.7 Å². The van der Waals surface area contributed by atoms with Gasteiger partial charge in [-0.25, -0.2) is 9.97 Å². The van der Waals surface area contributed by atoms with Gasteiger partial charge in [-0.2, -0.15) is 0 Å². The predicted molar refractivity (Wildman–Crippen MR) is 176 cm³/mol. The zero-order chi connectivity index (χ0) is 34.1. The van der Waals surface area contributed by atoms with Crippen molar-refractivity contribution in [3.8, 4) is 34.3 Å². The van der Waals surface area contributed by atoms with Crippen LogP contribution in [0.1, 0.15) is 11.3 Å². The largest absolute Gasteiger partial charge is 1.00 e. The van der Waals surface area contributed by atoms with Crippen molar-refractivity contribution in [1.82, 2.24) is 20.2 Å². The Morgan fingerprint density at radius 3 is 2.47 bits per heavy atom. The maximum absolute atomic E-state index is 13.4. The molecule has 0 unspecified atom stereocenters. The molecule has 2 aromatic carbocycles. The molecule has 248 valence electrons. The van der Waals surface area contributed by atoms with E-state index in [1.165, 1.54) is 70.6 Å². The van der Waals surface area contributed by atoms with E-state index in [-0.39, 0.29) is 92.9 Å². The number of β-lactam (4-membered cyclic amide) rings is 1. The van der Waals surface area contributed by atoms with E-state index >= 15 is 0 Å². The second-order valence-electron chi connectivity index (χ2n) is 10.2. The predicted octanol–water partition coefficient (Wildman–Crippen LogP) is -1.21. The van der Waals surface area contributed by atoms with E-state index in [0.29, 0.717) is 26.7 Å². The number of nitrogen functional groups attached to an aromatic ring is 1. The van der Waals surface area contributed by atoms with E-state index in [1.807, 2.05) is 0 Å². The first-order chi connectivity index (χ1) is 23.0. The van der Waals surface area contributed by atoms with Crippen molar-refractivity contribution in [2.45, 2.75) is 22.4 Å². The van der Waals surface area contributed by atoms with Gasteiger partial charge in [0.05, 0.1) is 17.4 Å². The number of amides is 2. The van der Waals surface area contributed by atoms with Crippen molar-refractivity contribution in [3.63, 3.8) is 0 Å². The standard InChI is InChI=1S/C29H24N6O9S4.Na/c30-28-31-16(11-46-28)21(34-44-7-12-1-3-17(36)19(38)5-12)24(40)33-22-25(41)35-23(27(42)43)14(8-45-26(22)35)9-47-29-32-15(10-48-29)13-2-4-18(37)20(39)6-13;/h1-6,10-11,22,26,36-39H,7-9H2,(H2,30,31)(H,33,40)(H,42,43);/q;+1/p-1/t22-,26+;/m1./s1. The molecule has 2 aliphatic heterocycles. The van der Waals surface area contributed by atoms with Crippen LogP contribution in [0.4, 0.5) is 5.13 Å². The Bertz CT molecular complexity index is 2000. The number of phenols is 4. The summed E-state index contributed by atoms with van der Waals surface area (Å²) in [6, 6.07) is 7.29. The second-order valence-corrected chi connectivity index (χ2v) is 14.3. The molecule has 15 nitrogen and oxygen atoms in total. The van der Waals surface area contributed by atoms with Crippen LogP contribution in [0.3, 0.4) is 0 Å². The van der Waals surface area contributed by atoms with Crippen molar-refractivity contribution in [3.05, 3.63) is 69.7 Å². The second kappa shape index (κ2) is 15.3. The van der Waals surface area contributed by atoms with Gasteiger partial charge in [-0.15, -0.1) is 34.4 Å². The average Bonchev–Trinajstić information content (AvgIpc) is 3.72. The van der Waals surface area contributed by atoms with E-state index in [0.717, 1.165) is 16.2 Å². The number of rotatable bonds is 11. The first kappa shape index (κ1) is 36.3. The molecule has 0 bridgehead atoms. The molecule has 0 saturated carbocycles. The van der Waals surface area contributed by atoms with Gasteiger partial charge in [-0.05, 0) is 41.5 Å². The first-order valence-electron chi connectivity index (χ1n) is 13.7. The summed E-state index contributed by atoms with van der Waals surface area (Å²) in [6.07, 6.45) is 0. The monoisotopic (exact) mass is 750 g/mol. The number of thiazole rings is 2. The van der Waals surface area contributed by atoms with Gasteiger partial charge in [0, 0.05) is 27.8 Å². The molecule has 6 rings (SSSR count). The third-order valence-electron chi connectivity index (χ3n) is 7.06. The van der Waals surface area contributed by atoms with Gasteiger partial charge in [-0.1, -0.05) is 23.0 Å². The van der Waals surface area contributed by atoms with Crippen molar-refractivity contribution >= 4 is 74.8 Å². The normalized spacial score (nSPS) is 17.2. The van der Waals surface area contributed by atoms with E-state index in [4.69, 9.17) is 10.6 Å². The van der Waals surface area contributed by atoms with E-state index in [9.17, 15) is 39.9 Å². The van der Waals surface area contributed by atoms with Gasteiger partial charge in [-0.3, -0.25) is 14.5 Å². The number of thioether (sulfide) groups is 2. The molecule has 2 atom stereocenters. The fraction of sp³-hybridized carbons (Fsp3) is 0.172. The fourth-order valence-corrected chi connectivity index (χ4v) is 8.58. The Morgan fingerprint density at radius 1 is 1.06 bits per heavy atom. The van der Waals surface area contributed by atoms with Crippen molar-refractivity contribution in [2.75, 3.05) is 17.2 Å². The molecular weight excluding hydrogens is 728 g/mol. The molecular formula is C29H23N6NaO9S4. The van der Waals surface area contributed by atoms with E-state index in [1.54, 1.807) is 11.4 Å². The summed E-state index contributed by atoms with van der Waals surface area (Å²) in [4.78, 5) is 53.9. The molecule has 7 N–H and O–H groups in total. The molecule has 4 heterocycles. The number of hydrogen-bond donors (Lipinski definition) is 6. The van der Waals surface area contributed by atoms with E-state index < -0.39 is 29.2 Å². The number of anilines is 1. The van der Waals surface area contributed by atoms with Gasteiger partial charge in [0.15, 0.2) is 38.2 Å². The average molecular weight is 751 g/mol. The Morgan fingerprint density at radius 2 is 1.80 bits per heavy atom. The van der Waals surface area contributed by atoms with Gasteiger partial charge >= 0.3 is 29.6 Å². The molecule has 2 amide bonds. The molecule has 4 aromatic rings. The summed E-state index contributed by atoms with van der Waals surface area (Å²) in [5, 5.41) is 60.0. The summed E-state index contributed by atoms with van der Waals surface area (Å²) in [7, 11) is 0. The van der Waals surface area contributed by atoms with Gasteiger partial charge in [0.25, 0.3) is 11.8 Å². The van der Waals surface area contributed by atoms with Crippen molar-refractivity contribution in [1.29, 1.82) is 0 Å². The number of benzene rings is 2. The molecule has 2 aromatic heterocycles.